The van der Waals surface area contributed by atoms with Crippen molar-refractivity contribution >= 4 is 10.0 Å². The molecule has 2 rings (SSSR count). The fourth-order valence-corrected chi connectivity index (χ4v) is 3.93. The minimum atomic E-state index is -3.06. The molecule has 1 unspecified atom stereocenters. The summed E-state index contributed by atoms with van der Waals surface area (Å²) in [5.74, 6) is 0.578. The van der Waals surface area contributed by atoms with Gasteiger partial charge in [0.1, 0.15) is 0 Å². The first-order valence-corrected chi connectivity index (χ1v) is 7.42. The lowest BCUT2D eigenvalue weighted by molar-refractivity contribution is 0.514. The molecule has 2 fully saturated rings. The molecule has 4 nitrogen and oxygen atoms in total. The molecular weight excluding hydrogens is 212 g/mol. The lowest BCUT2D eigenvalue weighted by Gasteiger charge is -2.14. The van der Waals surface area contributed by atoms with Gasteiger partial charge in [-0.2, -0.15) is 0 Å². The third kappa shape index (κ3) is 2.92. The lowest BCUT2D eigenvalue weighted by Crippen LogP contribution is -2.37. The molecule has 0 aromatic rings. The maximum atomic E-state index is 11.8. The highest BCUT2D eigenvalue weighted by atomic mass is 32.2. The van der Waals surface area contributed by atoms with Crippen LogP contribution < -0.4 is 10.0 Å². The number of hydrogen-bond donors (Lipinski definition) is 2. The number of nitrogens with one attached hydrogen (secondary N) is 2. The van der Waals surface area contributed by atoms with Crippen LogP contribution in [0.15, 0.2) is 0 Å². The average molecular weight is 232 g/mol. The van der Waals surface area contributed by atoms with Crippen LogP contribution in [-0.4, -0.2) is 33.3 Å². The second kappa shape index (κ2) is 4.80. The van der Waals surface area contributed by atoms with Gasteiger partial charge >= 0.3 is 0 Å². The number of rotatable bonds is 4. The molecule has 0 bridgehead atoms. The summed E-state index contributed by atoms with van der Waals surface area (Å²) in [4.78, 5) is 0. The Bertz CT molecular complexity index is 291. The van der Waals surface area contributed by atoms with Crippen LogP contribution in [0.1, 0.15) is 32.1 Å². The summed E-state index contributed by atoms with van der Waals surface area (Å²) >= 11 is 0. The summed E-state index contributed by atoms with van der Waals surface area (Å²) in [5.41, 5.74) is 0. The average Bonchev–Trinajstić information content (AvgIpc) is 2.88. The summed E-state index contributed by atoms with van der Waals surface area (Å²) in [5, 5.41) is 2.88. The van der Waals surface area contributed by atoms with Crippen LogP contribution in [0.5, 0.6) is 0 Å². The molecule has 0 radical (unpaired) electrons. The lowest BCUT2D eigenvalue weighted by atomic mass is 10.1. The Balaban J connectivity index is 1.81. The van der Waals surface area contributed by atoms with E-state index in [-0.39, 0.29) is 5.25 Å². The maximum Gasteiger partial charge on any atom is 0.215 e. The minimum Gasteiger partial charge on any atom is -0.315 e. The van der Waals surface area contributed by atoms with E-state index in [1.165, 1.54) is 25.7 Å². The predicted molar refractivity (Wildman–Crippen MR) is 60.2 cm³/mol. The molecule has 1 atom stereocenters. The molecule has 2 aliphatic rings. The van der Waals surface area contributed by atoms with Gasteiger partial charge in [0.2, 0.25) is 10.0 Å². The summed E-state index contributed by atoms with van der Waals surface area (Å²) in [6.45, 7) is 2.09. The van der Waals surface area contributed by atoms with Crippen LogP contribution in [0.3, 0.4) is 0 Å². The van der Waals surface area contributed by atoms with E-state index in [0.717, 1.165) is 13.0 Å². The largest absolute Gasteiger partial charge is 0.315 e. The Morgan fingerprint density at radius 3 is 2.53 bits per heavy atom. The van der Waals surface area contributed by atoms with Gasteiger partial charge in [0.05, 0.1) is 5.25 Å². The normalized spacial score (nSPS) is 28.7. The van der Waals surface area contributed by atoms with E-state index in [1.807, 2.05) is 0 Å². The summed E-state index contributed by atoms with van der Waals surface area (Å²) in [6.07, 6.45) is 5.64. The topological polar surface area (TPSA) is 58.2 Å². The van der Waals surface area contributed by atoms with Crippen molar-refractivity contribution in [2.45, 2.75) is 37.4 Å². The minimum absolute atomic E-state index is 0.209. The third-order valence-electron chi connectivity index (χ3n) is 3.50. The Morgan fingerprint density at radius 2 is 1.93 bits per heavy atom. The van der Waals surface area contributed by atoms with E-state index < -0.39 is 10.0 Å². The monoisotopic (exact) mass is 232 g/mol. The van der Waals surface area contributed by atoms with Crippen molar-refractivity contribution in [3.63, 3.8) is 0 Å². The standard InChI is InChI=1S/C10H20N2O2S/c13-15(14,10-5-6-11-8-10)12-7-9-3-1-2-4-9/h9-12H,1-8H2. The fraction of sp³-hybridized carbons (Fsp3) is 1.00. The first-order chi connectivity index (χ1) is 7.18. The molecule has 1 saturated carbocycles. The Kier molecular flexibility index (Phi) is 3.64. The molecule has 1 aliphatic heterocycles. The van der Waals surface area contributed by atoms with Crippen molar-refractivity contribution in [2.75, 3.05) is 19.6 Å². The van der Waals surface area contributed by atoms with Crippen LogP contribution in [-0.2, 0) is 10.0 Å². The van der Waals surface area contributed by atoms with Crippen LogP contribution in [0.4, 0.5) is 0 Å². The first-order valence-electron chi connectivity index (χ1n) is 5.88. The smallest absolute Gasteiger partial charge is 0.215 e. The maximum absolute atomic E-state index is 11.8. The van der Waals surface area contributed by atoms with Gasteiger partial charge in [-0.25, -0.2) is 13.1 Å². The summed E-state index contributed by atoms with van der Waals surface area (Å²) in [6, 6.07) is 0. The van der Waals surface area contributed by atoms with Gasteiger partial charge in [-0.15, -0.1) is 0 Å². The van der Waals surface area contributed by atoms with Gasteiger partial charge in [-0.3, -0.25) is 0 Å². The zero-order valence-corrected chi connectivity index (χ0v) is 9.85. The molecule has 1 aliphatic carbocycles. The molecule has 0 amide bonds. The van der Waals surface area contributed by atoms with E-state index >= 15 is 0 Å². The molecule has 1 saturated heterocycles. The fourth-order valence-electron chi connectivity index (χ4n) is 2.46. The zero-order valence-electron chi connectivity index (χ0n) is 9.04. The van der Waals surface area contributed by atoms with Crippen LogP contribution >= 0.6 is 0 Å². The van der Waals surface area contributed by atoms with Crippen molar-refractivity contribution in [3.05, 3.63) is 0 Å². The predicted octanol–water partition coefficient (Wildman–Crippen LogP) is 0.458. The number of hydrogen-bond acceptors (Lipinski definition) is 3. The van der Waals surface area contributed by atoms with Crippen LogP contribution in [0.25, 0.3) is 0 Å². The van der Waals surface area contributed by atoms with Gasteiger partial charge in [0, 0.05) is 13.1 Å². The van der Waals surface area contributed by atoms with Crippen molar-refractivity contribution in [2.24, 2.45) is 5.92 Å². The first kappa shape index (κ1) is 11.4. The van der Waals surface area contributed by atoms with Crippen LogP contribution in [0.2, 0.25) is 0 Å². The quantitative estimate of drug-likeness (QED) is 0.740. The highest BCUT2D eigenvalue weighted by Crippen LogP contribution is 2.24. The molecule has 0 spiro atoms. The second-order valence-corrected chi connectivity index (χ2v) is 6.70. The highest BCUT2D eigenvalue weighted by molar-refractivity contribution is 7.90. The van der Waals surface area contributed by atoms with Gasteiger partial charge in [-0.1, -0.05) is 12.8 Å². The Morgan fingerprint density at radius 1 is 1.20 bits per heavy atom. The number of sulfonamides is 1. The molecule has 88 valence electrons. The third-order valence-corrected chi connectivity index (χ3v) is 5.35. The zero-order chi connectivity index (χ0) is 10.7. The van der Waals surface area contributed by atoms with E-state index in [0.29, 0.717) is 19.0 Å². The Labute approximate surface area is 91.9 Å². The second-order valence-electron chi connectivity index (χ2n) is 4.66. The van der Waals surface area contributed by atoms with E-state index in [1.54, 1.807) is 0 Å². The SMILES string of the molecule is O=S(=O)(NCC1CCCC1)C1CCNC1. The molecule has 0 aromatic carbocycles. The van der Waals surface area contributed by atoms with Gasteiger partial charge in [-0.05, 0) is 31.7 Å². The Hall–Kier alpha value is -0.130. The van der Waals surface area contributed by atoms with Crippen LogP contribution in [0, 0.1) is 5.92 Å². The van der Waals surface area contributed by atoms with Crippen molar-refractivity contribution < 1.29 is 8.42 Å². The summed E-state index contributed by atoms with van der Waals surface area (Å²) < 4.78 is 26.5. The highest BCUT2D eigenvalue weighted by Gasteiger charge is 2.29. The van der Waals surface area contributed by atoms with Crippen molar-refractivity contribution in [1.82, 2.24) is 10.0 Å². The van der Waals surface area contributed by atoms with Gasteiger partial charge in [0.25, 0.3) is 0 Å². The van der Waals surface area contributed by atoms with E-state index in [2.05, 4.69) is 10.0 Å². The van der Waals surface area contributed by atoms with Crippen molar-refractivity contribution in [1.29, 1.82) is 0 Å². The molecule has 1 heterocycles. The molecule has 0 aromatic heterocycles. The van der Waals surface area contributed by atoms with Crippen molar-refractivity contribution in [3.8, 4) is 0 Å². The van der Waals surface area contributed by atoms with Gasteiger partial charge < -0.3 is 5.32 Å². The molecule has 5 heteroatoms. The molecular formula is C10H20N2O2S. The van der Waals surface area contributed by atoms with Gasteiger partial charge in [0.15, 0.2) is 0 Å². The molecule has 2 N–H and O–H groups in total. The summed E-state index contributed by atoms with van der Waals surface area (Å²) in [7, 11) is -3.06. The van der Waals surface area contributed by atoms with E-state index in [4.69, 9.17) is 0 Å². The molecule has 15 heavy (non-hydrogen) atoms. The van der Waals surface area contributed by atoms with E-state index in [9.17, 15) is 8.42 Å².